The first kappa shape index (κ1) is 15.4. The molecule has 4 nitrogen and oxygen atoms in total. The largest absolute Gasteiger partial charge is 0.468 e. The Morgan fingerprint density at radius 3 is 2.35 bits per heavy atom. The summed E-state index contributed by atoms with van der Waals surface area (Å²) >= 11 is 0. The Morgan fingerprint density at radius 1 is 1.30 bits per heavy atom. The number of hydrogen-bond acceptors (Lipinski definition) is 4. The van der Waals surface area contributed by atoms with E-state index in [1.54, 1.807) is 0 Å². The van der Waals surface area contributed by atoms with E-state index in [0.29, 0.717) is 0 Å². The number of hydrogen-bond donors (Lipinski definition) is 0. The number of rotatable bonds is 7. The molecule has 0 unspecified atom stereocenters. The molecule has 0 bridgehead atoms. The fraction of sp³-hybridized carbons (Fsp3) is 0.733. The van der Waals surface area contributed by atoms with Crippen LogP contribution in [0.3, 0.4) is 0 Å². The van der Waals surface area contributed by atoms with Crippen molar-refractivity contribution in [3.63, 3.8) is 0 Å². The molecule has 2 rings (SSSR count). The van der Waals surface area contributed by atoms with Crippen molar-refractivity contribution in [1.82, 2.24) is 0 Å². The van der Waals surface area contributed by atoms with Gasteiger partial charge in [-0.15, -0.1) is 0 Å². The third kappa shape index (κ3) is 1.99. The van der Waals surface area contributed by atoms with Gasteiger partial charge in [0.15, 0.2) is 8.32 Å². The van der Waals surface area contributed by atoms with E-state index in [2.05, 4.69) is 20.8 Å². The molecule has 0 aromatic carbocycles. The maximum atomic E-state index is 12.0. The highest BCUT2D eigenvalue weighted by Gasteiger charge is 2.74. The van der Waals surface area contributed by atoms with E-state index < -0.39 is 13.7 Å². The van der Waals surface area contributed by atoms with E-state index in [-0.39, 0.29) is 23.9 Å². The summed E-state index contributed by atoms with van der Waals surface area (Å²) in [7, 11) is -0.363. The minimum Gasteiger partial charge on any atom is -0.468 e. The third-order valence-electron chi connectivity index (χ3n) is 5.30. The number of aldehydes is 1. The van der Waals surface area contributed by atoms with Crippen molar-refractivity contribution in [2.45, 2.75) is 45.0 Å². The quantitative estimate of drug-likeness (QED) is 0.313. The molecule has 0 heterocycles. The maximum absolute atomic E-state index is 12.0. The van der Waals surface area contributed by atoms with Gasteiger partial charge in [-0.1, -0.05) is 32.9 Å². The molecule has 0 saturated heterocycles. The topological polar surface area (TPSA) is 52.6 Å². The van der Waals surface area contributed by atoms with Gasteiger partial charge in [0.25, 0.3) is 0 Å². The van der Waals surface area contributed by atoms with Crippen LogP contribution in [0.2, 0.25) is 18.1 Å². The zero-order valence-electron chi connectivity index (χ0n) is 12.7. The van der Waals surface area contributed by atoms with E-state index in [1.165, 1.54) is 7.11 Å². The summed E-state index contributed by atoms with van der Waals surface area (Å²) in [6.07, 6.45) is 4.59. The molecule has 0 N–H and O–H groups in total. The Balaban J connectivity index is 2.17. The molecule has 4 atom stereocenters. The predicted octanol–water partition coefficient (Wildman–Crippen LogP) is 2.55. The highest BCUT2D eigenvalue weighted by Crippen LogP contribution is 2.65. The molecular formula is C15H24O4Si. The molecular weight excluding hydrogens is 272 g/mol. The lowest BCUT2D eigenvalue weighted by atomic mass is 10.1. The SMILES string of the molecule is CC[Si](CC)(CC)O[C@H]1C=C[C@]2(C(=O)OC)[C@H]1[C@@H]2C=O. The lowest BCUT2D eigenvalue weighted by Crippen LogP contribution is -2.40. The lowest BCUT2D eigenvalue weighted by molar-refractivity contribution is -0.146. The van der Waals surface area contributed by atoms with Crippen molar-refractivity contribution in [2.75, 3.05) is 7.11 Å². The van der Waals surface area contributed by atoms with Gasteiger partial charge >= 0.3 is 5.97 Å². The van der Waals surface area contributed by atoms with Crippen molar-refractivity contribution in [3.8, 4) is 0 Å². The smallest absolute Gasteiger partial charge is 0.316 e. The lowest BCUT2D eigenvalue weighted by Gasteiger charge is -2.31. The first-order valence-electron chi connectivity index (χ1n) is 7.46. The van der Waals surface area contributed by atoms with Gasteiger partial charge in [0, 0.05) is 11.8 Å². The zero-order valence-corrected chi connectivity index (χ0v) is 13.7. The van der Waals surface area contributed by atoms with E-state index in [4.69, 9.17) is 9.16 Å². The summed E-state index contributed by atoms with van der Waals surface area (Å²) in [6, 6.07) is 3.19. The molecule has 2 aliphatic rings. The van der Waals surface area contributed by atoms with E-state index >= 15 is 0 Å². The highest BCUT2D eigenvalue weighted by atomic mass is 28.4. The normalized spacial score (nSPS) is 34.7. The van der Waals surface area contributed by atoms with Crippen molar-refractivity contribution < 1.29 is 18.8 Å². The Morgan fingerprint density at radius 2 is 1.90 bits per heavy atom. The fourth-order valence-corrected chi connectivity index (χ4v) is 6.45. The van der Waals surface area contributed by atoms with Gasteiger partial charge in [0.1, 0.15) is 11.7 Å². The molecule has 0 radical (unpaired) electrons. The predicted molar refractivity (Wildman–Crippen MR) is 78.7 cm³/mol. The average molecular weight is 296 g/mol. The van der Waals surface area contributed by atoms with Crippen LogP contribution in [-0.2, 0) is 18.8 Å². The van der Waals surface area contributed by atoms with Crippen LogP contribution in [0.15, 0.2) is 12.2 Å². The van der Waals surface area contributed by atoms with Gasteiger partial charge in [-0.25, -0.2) is 0 Å². The minimum absolute atomic E-state index is 0.0519. The molecule has 1 fully saturated rings. The van der Waals surface area contributed by atoms with E-state index in [9.17, 15) is 9.59 Å². The van der Waals surface area contributed by atoms with Crippen LogP contribution in [0.5, 0.6) is 0 Å². The number of fused-ring (bicyclic) bond motifs is 1. The average Bonchev–Trinajstić information content (AvgIpc) is 3.03. The Hall–Kier alpha value is -0.943. The Kier molecular flexibility index (Phi) is 4.21. The summed E-state index contributed by atoms with van der Waals surface area (Å²) in [6.45, 7) is 6.53. The molecule has 1 saturated carbocycles. The minimum atomic E-state index is -1.74. The van der Waals surface area contributed by atoms with Crippen molar-refractivity contribution in [1.29, 1.82) is 0 Å². The third-order valence-corrected chi connectivity index (χ3v) is 9.94. The van der Waals surface area contributed by atoms with E-state index in [0.717, 1.165) is 24.4 Å². The number of ether oxygens (including phenoxy) is 1. The molecule has 112 valence electrons. The van der Waals surface area contributed by atoms with Crippen LogP contribution in [0.25, 0.3) is 0 Å². The van der Waals surface area contributed by atoms with Crippen LogP contribution in [-0.4, -0.2) is 33.8 Å². The van der Waals surface area contributed by atoms with Gasteiger partial charge in [0.05, 0.1) is 13.2 Å². The second-order valence-electron chi connectivity index (χ2n) is 5.80. The van der Waals surface area contributed by atoms with Gasteiger partial charge in [-0.05, 0) is 18.1 Å². The highest BCUT2D eigenvalue weighted by molar-refractivity contribution is 6.73. The molecule has 20 heavy (non-hydrogen) atoms. The molecule has 0 aromatic rings. The van der Waals surface area contributed by atoms with Crippen molar-refractivity contribution in [2.24, 2.45) is 17.3 Å². The Bertz CT molecular complexity index is 421. The van der Waals surface area contributed by atoms with Gasteiger partial charge < -0.3 is 14.0 Å². The fourth-order valence-electron chi connectivity index (χ4n) is 3.65. The van der Waals surface area contributed by atoms with Crippen LogP contribution >= 0.6 is 0 Å². The maximum Gasteiger partial charge on any atom is 0.316 e. The second kappa shape index (κ2) is 5.45. The monoisotopic (exact) mass is 296 g/mol. The summed E-state index contributed by atoms with van der Waals surface area (Å²) < 4.78 is 11.3. The van der Waals surface area contributed by atoms with Crippen LogP contribution in [0.4, 0.5) is 0 Å². The van der Waals surface area contributed by atoms with Crippen molar-refractivity contribution >= 4 is 20.6 Å². The summed E-state index contributed by atoms with van der Waals surface area (Å²) in [5, 5.41) is 0. The van der Waals surface area contributed by atoms with Gasteiger partial charge in [-0.3, -0.25) is 4.79 Å². The molecule has 2 aliphatic carbocycles. The summed E-state index contributed by atoms with van der Waals surface area (Å²) in [4.78, 5) is 23.2. The second-order valence-corrected chi connectivity index (χ2v) is 10.5. The first-order chi connectivity index (χ1) is 9.55. The molecule has 0 aromatic heterocycles. The molecule has 5 heteroatoms. The standard InChI is InChI=1S/C15H24O4Si/c1-5-20(6-2,7-3)19-12-8-9-15(14(17)18-4)11(10-16)13(12)15/h8-13H,5-7H2,1-4H3/t11-,12-,13-,15+/m0/s1. The summed E-state index contributed by atoms with van der Waals surface area (Å²) in [5.41, 5.74) is -0.740. The molecule has 0 amide bonds. The molecule has 0 spiro atoms. The van der Waals surface area contributed by atoms with Crippen LogP contribution < -0.4 is 0 Å². The Labute approximate surface area is 121 Å². The number of carbonyl (C=O) groups excluding carboxylic acids is 2. The number of methoxy groups -OCH3 is 1. The van der Waals surface area contributed by atoms with Gasteiger partial charge in [0.2, 0.25) is 0 Å². The first-order valence-corrected chi connectivity index (χ1v) is 9.99. The van der Waals surface area contributed by atoms with E-state index in [1.807, 2.05) is 12.2 Å². The zero-order chi connectivity index (χ0) is 15.0. The van der Waals surface area contributed by atoms with Crippen LogP contribution in [0, 0.1) is 17.3 Å². The number of carbonyl (C=O) groups is 2. The molecule has 0 aliphatic heterocycles. The van der Waals surface area contributed by atoms with Gasteiger partial charge in [-0.2, -0.15) is 0 Å². The van der Waals surface area contributed by atoms with Crippen molar-refractivity contribution in [3.05, 3.63) is 12.2 Å². The summed E-state index contributed by atoms with van der Waals surface area (Å²) in [5.74, 6) is -0.634. The van der Waals surface area contributed by atoms with Crippen LogP contribution in [0.1, 0.15) is 20.8 Å². The number of esters is 1.